The molecule has 0 radical (unpaired) electrons. The summed E-state index contributed by atoms with van der Waals surface area (Å²) < 4.78 is 52.8. The van der Waals surface area contributed by atoms with Crippen LogP contribution in [0.15, 0.2) is 30.5 Å². The zero-order valence-corrected chi connectivity index (χ0v) is 26.8. The highest BCUT2D eigenvalue weighted by atomic mass is 19.1. The lowest BCUT2D eigenvalue weighted by molar-refractivity contribution is 0.107. The lowest BCUT2D eigenvalue weighted by Gasteiger charge is -2.32. The van der Waals surface area contributed by atoms with E-state index >= 15 is 8.78 Å². The van der Waals surface area contributed by atoms with Crippen molar-refractivity contribution in [3.8, 4) is 23.0 Å². The van der Waals surface area contributed by atoms with Gasteiger partial charge < -0.3 is 19.6 Å². The molecule has 0 aliphatic carbocycles. The molecular formula is C36H41F3N6O2. The van der Waals surface area contributed by atoms with Gasteiger partial charge in [0.1, 0.15) is 41.4 Å². The first-order valence-corrected chi connectivity index (χ1v) is 17.1. The number of hydrogen-bond acceptors (Lipinski definition) is 8. The Morgan fingerprint density at radius 3 is 2.72 bits per heavy atom. The molecule has 4 aliphatic heterocycles. The number of hydrogen-bond donors (Lipinski definition) is 1. The van der Waals surface area contributed by atoms with Crippen LogP contribution in [0.2, 0.25) is 0 Å². The summed E-state index contributed by atoms with van der Waals surface area (Å²) in [6, 6.07) is 6.20. The van der Waals surface area contributed by atoms with E-state index in [0.29, 0.717) is 52.5 Å². The molecule has 11 heteroatoms. The van der Waals surface area contributed by atoms with Crippen LogP contribution in [0.1, 0.15) is 57.4 Å². The van der Waals surface area contributed by atoms with E-state index in [9.17, 15) is 9.50 Å². The minimum Gasteiger partial charge on any atom is -0.508 e. The summed E-state index contributed by atoms with van der Waals surface area (Å²) in [6.07, 6.45) is 7.69. The van der Waals surface area contributed by atoms with Gasteiger partial charge >= 0.3 is 6.01 Å². The maximum atomic E-state index is 17.0. The van der Waals surface area contributed by atoms with Gasteiger partial charge in [0, 0.05) is 43.9 Å². The fourth-order valence-corrected chi connectivity index (χ4v) is 8.74. The molecule has 0 saturated carbocycles. The number of pyridine rings is 1. The van der Waals surface area contributed by atoms with Gasteiger partial charge in [-0.05, 0) is 99.1 Å². The molecule has 2 aromatic heterocycles. The van der Waals surface area contributed by atoms with Crippen LogP contribution in [0.4, 0.5) is 19.0 Å². The molecule has 0 unspecified atom stereocenters. The van der Waals surface area contributed by atoms with Crippen molar-refractivity contribution in [2.45, 2.75) is 76.0 Å². The second-order valence-corrected chi connectivity index (χ2v) is 13.8. The third-order valence-electron chi connectivity index (χ3n) is 11.0. The summed E-state index contributed by atoms with van der Waals surface area (Å²) in [6.45, 7) is 7.15. The van der Waals surface area contributed by atoms with Gasteiger partial charge in [0.05, 0.1) is 10.9 Å². The molecule has 3 atom stereocenters. The second kappa shape index (κ2) is 12.1. The van der Waals surface area contributed by atoms with Crippen LogP contribution in [0.5, 0.6) is 11.8 Å². The maximum absolute atomic E-state index is 17.0. The van der Waals surface area contributed by atoms with Crippen molar-refractivity contribution in [3.63, 3.8) is 0 Å². The Hall–Kier alpha value is -3.70. The Kier molecular flexibility index (Phi) is 7.87. The van der Waals surface area contributed by atoms with Crippen molar-refractivity contribution in [1.82, 2.24) is 24.8 Å². The number of benzene rings is 2. The van der Waals surface area contributed by atoms with Crippen LogP contribution in [-0.4, -0.2) is 93.5 Å². The lowest BCUT2D eigenvalue weighted by Crippen LogP contribution is -2.43. The van der Waals surface area contributed by atoms with E-state index in [1.165, 1.54) is 25.0 Å². The quantitative estimate of drug-likeness (QED) is 0.235. The Bertz CT molecular complexity index is 1830. The van der Waals surface area contributed by atoms with Crippen molar-refractivity contribution in [3.05, 3.63) is 47.7 Å². The van der Waals surface area contributed by atoms with Gasteiger partial charge in [-0.3, -0.25) is 9.88 Å². The van der Waals surface area contributed by atoms with Crippen molar-refractivity contribution in [1.29, 1.82) is 0 Å². The van der Waals surface area contributed by atoms with Crippen LogP contribution in [0, 0.1) is 11.6 Å². The lowest BCUT2D eigenvalue weighted by atomic mass is 9.94. The fraction of sp³-hybridized carbons (Fsp3) is 0.528. The largest absolute Gasteiger partial charge is 0.508 e. The van der Waals surface area contributed by atoms with E-state index in [1.54, 1.807) is 18.3 Å². The van der Waals surface area contributed by atoms with Gasteiger partial charge in [-0.15, -0.1) is 0 Å². The van der Waals surface area contributed by atoms with Crippen LogP contribution >= 0.6 is 0 Å². The number of aryl methyl sites for hydroxylation is 1. The molecule has 1 N–H and O–H groups in total. The number of nitrogens with zero attached hydrogens (tertiary/aromatic N) is 6. The van der Waals surface area contributed by atoms with Crippen LogP contribution in [0.3, 0.4) is 0 Å². The van der Waals surface area contributed by atoms with E-state index in [0.717, 1.165) is 58.4 Å². The van der Waals surface area contributed by atoms with Gasteiger partial charge in [0.25, 0.3) is 0 Å². The predicted molar refractivity (Wildman–Crippen MR) is 176 cm³/mol. The number of phenolic OH excluding ortho intramolecular Hbond substituents is 1. The van der Waals surface area contributed by atoms with Crippen molar-refractivity contribution in [2.24, 2.45) is 0 Å². The number of aromatic hydroxyl groups is 1. The summed E-state index contributed by atoms with van der Waals surface area (Å²) in [4.78, 5) is 21.1. The highest BCUT2D eigenvalue weighted by molar-refractivity contribution is 6.01. The first-order valence-electron chi connectivity index (χ1n) is 17.1. The number of halogens is 3. The topological polar surface area (TPSA) is 77.9 Å². The van der Waals surface area contributed by atoms with Crippen molar-refractivity contribution >= 4 is 27.5 Å². The predicted octanol–water partition coefficient (Wildman–Crippen LogP) is 6.41. The minimum absolute atomic E-state index is 0.0269. The Morgan fingerprint density at radius 2 is 1.89 bits per heavy atom. The van der Waals surface area contributed by atoms with E-state index in [4.69, 9.17) is 9.72 Å². The summed E-state index contributed by atoms with van der Waals surface area (Å²) in [5.41, 5.74) is 0.347. The van der Waals surface area contributed by atoms with Crippen molar-refractivity contribution < 1.29 is 23.0 Å². The number of anilines is 1. The molecule has 47 heavy (non-hydrogen) atoms. The average molecular weight is 647 g/mol. The maximum Gasteiger partial charge on any atom is 0.319 e. The van der Waals surface area contributed by atoms with Crippen LogP contribution in [0.25, 0.3) is 32.9 Å². The molecular weight excluding hydrogens is 605 g/mol. The van der Waals surface area contributed by atoms with Gasteiger partial charge in [0.15, 0.2) is 5.82 Å². The third-order valence-corrected chi connectivity index (χ3v) is 11.0. The van der Waals surface area contributed by atoms with E-state index in [1.807, 2.05) is 6.92 Å². The summed E-state index contributed by atoms with van der Waals surface area (Å²) in [5, 5.41) is 12.2. The standard InChI is InChI=1S/C36H41F3N6O2/c1-2-26-29(38)9-8-22-15-25(46)16-27(30(22)26)32-31(39)33-28(18-40-32)34(45-14-5-7-24(45)20-43-11-3-4-12-43)42-35(41-33)47-21-36-10-6-13-44(36)19-23(37)17-36/h8-9,15-16,18,23-24,46H,2-7,10-14,17,19-21H2,1H3/t23-,24+,36+/m1/s1. The number of alkyl halides is 1. The first-order chi connectivity index (χ1) is 22.8. The number of fused-ring (bicyclic) bond motifs is 3. The molecule has 248 valence electrons. The highest BCUT2D eigenvalue weighted by Gasteiger charge is 2.49. The van der Waals surface area contributed by atoms with Gasteiger partial charge in [-0.2, -0.15) is 9.97 Å². The summed E-state index contributed by atoms with van der Waals surface area (Å²) in [7, 11) is 0. The van der Waals surface area contributed by atoms with E-state index in [-0.39, 0.29) is 35.6 Å². The zero-order valence-electron chi connectivity index (χ0n) is 26.8. The number of likely N-dealkylation sites (tertiary alicyclic amines) is 1. The van der Waals surface area contributed by atoms with Gasteiger partial charge in [0.2, 0.25) is 0 Å². The smallest absolute Gasteiger partial charge is 0.319 e. The molecule has 8 rings (SSSR count). The molecule has 6 heterocycles. The zero-order chi connectivity index (χ0) is 32.3. The SMILES string of the molecule is CCc1c(F)ccc2cc(O)cc(-c3ncc4c(N5CCC[C@H]5CN5CCCC5)nc(OC[C@@]56CCCN5C[C@H](F)C6)nc4c3F)c12. The number of rotatable bonds is 8. The van der Waals surface area contributed by atoms with Gasteiger partial charge in [-0.25, -0.2) is 13.2 Å². The minimum atomic E-state index is -0.899. The Morgan fingerprint density at radius 1 is 1.04 bits per heavy atom. The number of aromatic nitrogens is 3. The summed E-state index contributed by atoms with van der Waals surface area (Å²) >= 11 is 0. The molecule has 2 aromatic carbocycles. The van der Waals surface area contributed by atoms with Gasteiger partial charge in [-0.1, -0.05) is 13.0 Å². The third kappa shape index (κ3) is 5.35. The molecule has 4 aliphatic rings. The number of phenols is 1. The van der Waals surface area contributed by atoms with Crippen LogP contribution < -0.4 is 9.64 Å². The van der Waals surface area contributed by atoms with E-state index in [2.05, 4.69) is 24.7 Å². The molecule has 0 amide bonds. The van der Waals surface area contributed by atoms with Crippen molar-refractivity contribution in [2.75, 3.05) is 50.8 Å². The fourth-order valence-electron chi connectivity index (χ4n) is 8.74. The average Bonchev–Trinajstić information content (AvgIpc) is 3.86. The Balaban J connectivity index is 1.26. The molecule has 0 bridgehead atoms. The van der Waals surface area contributed by atoms with E-state index < -0.39 is 23.3 Å². The molecule has 8 nitrogen and oxygen atoms in total. The monoisotopic (exact) mass is 646 g/mol. The molecule has 4 fully saturated rings. The van der Waals surface area contributed by atoms with Crippen LogP contribution in [-0.2, 0) is 6.42 Å². The second-order valence-electron chi connectivity index (χ2n) is 13.8. The molecule has 0 spiro atoms. The molecule has 4 aromatic rings. The normalized spacial score (nSPS) is 25.1. The number of ether oxygens (including phenoxy) is 1. The molecule has 4 saturated heterocycles. The highest BCUT2D eigenvalue weighted by Crippen LogP contribution is 2.42. The Labute approximate surface area is 272 Å². The first kappa shape index (κ1) is 30.6. The summed E-state index contributed by atoms with van der Waals surface area (Å²) in [5.74, 6) is -0.565.